The molecule has 0 radical (unpaired) electrons. The zero-order valence-corrected chi connectivity index (χ0v) is 24.2. The number of nitrogens with zero attached hydrogens (tertiary/aromatic N) is 1. The lowest BCUT2D eigenvalue weighted by Crippen LogP contribution is -2.60. The molecular formula is C29H46N4O6. The molecule has 10 nitrogen and oxygen atoms in total. The Kier molecular flexibility index (Phi) is 11.2. The highest BCUT2D eigenvalue weighted by atomic mass is 16.6. The van der Waals surface area contributed by atoms with Crippen LogP contribution in [0, 0.1) is 0 Å². The quantitative estimate of drug-likeness (QED) is 0.329. The van der Waals surface area contributed by atoms with E-state index in [4.69, 9.17) is 10.5 Å². The van der Waals surface area contributed by atoms with E-state index in [1.165, 1.54) is 11.0 Å². The molecule has 1 aromatic carbocycles. The van der Waals surface area contributed by atoms with Crippen LogP contribution in [0.3, 0.4) is 0 Å². The topological polar surface area (TPSA) is 151 Å². The number of rotatable bonds is 11. The molecule has 0 saturated heterocycles. The van der Waals surface area contributed by atoms with Crippen LogP contribution >= 0.6 is 0 Å². The molecule has 2 rings (SSSR count). The Morgan fingerprint density at radius 1 is 1.08 bits per heavy atom. The van der Waals surface area contributed by atoms with Gasteiger partial charge in [-0.05, 0) is 66.4 Å². The molecule has 1 aliphatic carbocycles. The number of nitrogens with two attached hydrogens (primary N) is 1. The van der Waals surface area contributed by atoms with Gasteiger partial charge in [0.2, 0.25) is 17.7 Å². The molecule has 0 aliphatic heterocycles. The average molecular weight is 547 g/mol. The summed E-state index contributed by atoms with van der Waals surface area (Å²) >= 11 is 0. The summed E-state index contributed by atoms with van der Waals surface area (Å²) < 4.78 is 5.37. The first-order valence-corrected chi connectivity index (χ1v) is 13.9. The Morgan fingerprint density at radius 2 is 1.69 bits per heavy atom. The fourth-order valence-electron chi connectivity index (χ4n) is 4.75. The van der Waals surface area contributed by atoms with Gasteiger partial charge in [0.1, 0.15) is 23.4 Å². The standard InChI is InChI=1S/C29H46N4O6/c1-7-29(5,6)33(26(37)21(17-18-23(30)35)32-27(38)39-28(2,3)4)24(20-15-11-12-16-22(20)34)25(36)31-19-13-9-8-10-14-19/h11-12,15-16,19,21,24,34H,7-10,13-14,17-18H2,1-6H3,(H2,30,35)(H,31,36)(H,32,38). The summed E-state index contributed by atoms with van der Waals surface area (Å²) in [6.07, 6.45) is 4.19. The van der Waals surface area contributed by atoms with Crippen molar-refractivity contribution < 1.29 is 29.0 Å². The minimum absolute atomic E-state index is 0.0353. The van der Waals surface area contributed by atoms with Gasteiger partial charge in [-0.3, -0.25) is 14.4 Å². The van der Waals surface area contributed by atoms with E-state index in [2.05, 4.69) is 10.6 Å². The number of benzene rings is 1. The van der Waals surface area contributed by atoms with Gasteiger partial charge in [0.15, 0.2) is 0 Å². The van der Waals surface area contributed by atoms with Crippen LogP contribution in [-0.2, 0) is 19.1 Å². The molecule has 1 saturated carbocycles. The minimum atomic E-state index is -1.20. The number of nitrogens with one attached hydrogen (secondary N) is 2. The fraction of sp³-hybridized carbons (Fsp3) is 0.655. The zero-order valence-electron chi connectivity index (χ0n) is 24.2. The predicted molar refractivity (Wildman–Crippen MR) is 149 cm³/mol. The van der Waals surface area contributed by atoms with Crippen molar-refractivity contribution in [2.75, 3.05) is 0 Å². The van der Waals surface area contributed by atoms with Crippen LogP contribution in [0.1, 0.15) is 105 Å². The van der Waals surface area contributed by atoms with E-state index in [0.29, 0.717) is 6.42 Å². The molecule has 0 spiro atoms. The number of primary amides is 1. The number of carbonyl (C=O) groups is 4. The number of para-hydroxylation sites is 1. The van der Waals surface area contributed by atoms with Gasteiger partial charge in [-0.15, -0.1) is 0 Å². The molecule has 39 heavy (non-hydrogen) atoms. The van der Waals surface area contributed by atoms with Crippen LogP contribution in [0.15, 0.2) is 24.3 Å². The normalized spacial score (nSPS) is 16.1. The van der Waals surface area contributed by atoms with Gasteiger partial charge in [0, 0.05) is 23.6 Å². The molecule has 0 bridgehead atoms. The van der Waals surface area contributed by atoms with Crippen molar-refractivity contribution >= 4 is 23.8 Å². The van der Waals surface area contributed by atoms with Gasteiger partial charge >= 0.3 is 6.09 Å². The maximum atomic E-state index is 14.3. The van der Waals surface area contributed by atoms with E-state index < -0.39 is 47.0 Å². The molecule has 1 aromatic rings. The summed E-state index contributed by atoms with van der Waals surface area (Å²) in [5.74, 6) is -1.75. The van der Waals surface area contributed by atoms with Crippen molar-refractivity contribution in [1.29, 1.82) is 0 Å². The van der Waals surface area contributed by atoms with Gasteiger partial charge in [0.25, 0.3) is 0 Å². The van der Waals surface area contributed by atoms with Crippen molar-refractivity contribution in [2.45, 2.75) is 122 Å². The zero-order chi connectivity index (χ0) is 29.4. The van der Waals surface area contributed by atoms with Crippen LogP contribution in [0.4, 0.5) is 4.79 Å². The average Bonchev–Trinajstić information content (AvgIpc) is 2.84. The lowest BCUT2D eigenvalue weighted by molar-refractivity contribution is -0.150. The maximum Gasteiger partial charge on any atom is 0.408 e. The van der Waals surface area contributed by atoms with Crippen LogP contribution < -0.4 is 16.4 Å². The monoisotopic (exact) mass is 546 g/mol. The number of phenols is 1. The molecular weight excluding hydrogens is 500 g/mol. The molecule has 2 unspecified atom stereocenters. The van der Waals surface area contributed by atoms with Crippen molar-refractivity contribution in [3.63, 3.8) is 0 Å². The van der Waals surface area contributed by atoms with Gasteiger partial charge in [-0.1, -0.05) is 44.4 Å². The highest BCUT2D eigenvalue weighted by Gasteiger charge is 2.44. The Hall–Kier alpha value is -3.30. The minimum Gasteiger partial charge on any atom is -0.508 e. The highest BCUT2D eigenvalue weighted by molar-refractivity contribution is 5.93. The van der Waals surface area contributed by atoms with Crippen LogP contribution in [0.25, 0.3) is 0 Å². The molecule has 1 fully saturated rings. The van der Waals surface area contributed by atoms with E-state index in [1.807, 2.05) is 20.8 Å². The largest absolute Gasteiger partial charge is 0.508 e. The van der Waals surface area contributed by atoms with E-state index in [1.54, 1.807) is 39.0 Å². The third kappa shape index (κ3) is 9.44. The summed E-state index contributed by atoms with van der Waals surface area (Å²) in [5.41, 5.74) is 3.95. The van der Waals surface area contributed by atoms with E-state index in [9.17, 15) is 24.3 Å². The molecule has 5 N–H and O–H groups in total. The number of ether oxygens (including phenoxy) is 1. The number of aromatic hydroxyl groups is 1. The number of hydrogen-bond donors (Lipinski definition) is 4. The second-order valence-corrected chi connectivity index (χ2v) is 11.9. The summed E-state index contributed by atoms with van der Waals surface area (Å²) in [5, 5.41) is 16.5. The van der Waals surface area contributed by atoms with Crippen molar-refractivity contribution in [1.82, 2.24) is 15.5 Å². The van der Waals surface area contributed by atoms with Gasteiger partial charge in [-0.2, -0.15) is 0 Å². The summed E-state index contributed by atoms with van der Waals surface area (Å²) in [6, 6.07) is 4.01. The molecule has 10 heteroatoms. The first-order chi connectivity index (χ1) is 18.2. The van der Waals surface area contributed by atoms with E-state index >= 15 is 0 Å². The molecule has 218 valence electrons. The van der Waals surface area contributed by atoms with Gasteiger partial charge in [0.05, 0.1) is 0 Å². The molecule has 4 amide bonds. The van der Waals surface area contributed by atoms with Gasteiger partial charge < -0.3 is 31.1 Å². The number of amides is 4. The Morgan fingerprint density at radius 3 is 2.23 bits per heavy atom. The van der Waals surface area contributed by atoms with Crippen LogP contribution in [0.5, 0.6) is 5.75 Å². The Balaban J connectivity index is 2.58. The van der Waals surface area contributed by atoms with E-state index in [0.717, 1.165) is 32.1 Å². The lowest BCUT2D eigenvalue weighted by Gasteiger charge is -2.45. The van der Waals surface area contributed by atoms with Crippen molar-refractivity contribution in [3.8, 4) is 5.75 Å². The second-order valence-electron chi connectivity index (χ2n) is 11.9. The van der Waals surface area contributed by atoms with Crippen LogP contribution in [-0.4, -0.2) is 57.0 Å². The lowest BCUT2D eigenvalue weighted by atomic mass is 9.90. The number of alkyl carbamates (subject to hydrolysis) is 1. The first-order valence-electron chi connectivity index (χ1n) is 13.9. The molecule has 0 aromatic heterocycles. The van der Waals surface area contributed by atoms with E-state index in [-0.39, 0.29) is 30.2 Å². The van der Waals surface area contributed by atoms with Crippen molar-refractivity contribution in [2.24, 2.45) is 5.73 Å². The summed E-state index contributed by atoms with van der Waals surface area (Å²) in [6.45, 7) is 10.6. The highest BCUT2D eigenvalue weighted by Crippen LogP contribution is 2.36. The summed E-state index contributed by atoms with van der Waals surface area (Å²) in [7, 11) is 0. The Bertz CT molecular complexity index is 1010. The second kappa shape index (κ2) is 13.7. The molecule has 2 atom stereocenters. The first kappa shape index (κ1) is 31.9. The van der Waals surface area contributed by atoms with Crippen molar-refractivity contribution in [3.05, 3.63) is 29.8 Å². The smallest absolute Gasteiger partial charge is 0.408 e. The van der Waals surface area contributed by atoms with Crippen LogP contribution in [0.2, 0.25) is 0 Å². The number of hydrogen-bond acceptors (Lipinski definition) is 6. The molecule has 1 aliphatic rings. The Labute approximate surface area is 232 Å². The maximum absolute atomic E-state index is 14.3. The fourth-order valence-corrected chi connectivity index (χ4v) is 4.75. The third-order valence-corrected chi connectivity index (χ3v) is 7.11. The van der Waals surface area contributed by atoms with Gasteiger partial charge in [-0.25, -0.2) is 4.79 Å². The number of carbonyl (C=O) groups excluding carboxylic acids is 4. The third-order valence-electron chi connectivity index (χ3n) is 7.11. The summed E-state index contributed by atoms with van der Waals surface area (Å²) in [4.78, 5) is 54.1. The molecule has 0 heterocycles. The number of phenolic OH excluding ortho intramolecular Hbond substituents is 1. The predicted octanol–water partition coefficient (Wildman–Crippen LogP) is 4.06. The SMILES string of the molecule is CCC(C)(C)N(C(=O)C(CCC(N)=O)NC(=O)OC(C)(C)C)C(C(=O)NC1CCCCC1)c1ccccc1O.